The van der Waals surface area contributed by atoms with Gasteiger partial charge in [-0.2, -0.15) is 4.98 Å². The van der Waals surface area contributed by atoms with Crippen LogP contribution in [-0.4, -0.2) is 52.0 Å². The summed E-state index contributed by atoms with van der Waals surface area (Å²) in [6.45, 7) is 8.87. The van der Waals surface area contributed by atoms with Crippen LogP contribution in [0.5, 0.6) is 0 Å². The zero-order valence-corrected chi connectivity index (χ0v) is 20.5. The Kier molecular flexibility index (Phi) is 8.90. The molecule has 3 N–H and O–H groups in total. The van der Waals surface area contributed by atoms with Crippen LogP contribution in [0.2, 0.25) is 0 Å². The fraction of sp³-hybridized carbons (Fsp3) is 0.667. The predicted molar refractivity (Wildman–Crippen MR) is 120 cm³/mol. The molecule has 14 heteroatoms. The molecule has 0 unspecified atom stereocenters. The third-order valence-electron chi connectivity index (χ3n) is 5.07. The molecule has 0 bridgehead atoms. The van der Waals surface area contributed by atoms with Crippen LogP contribution >= 0.6 is 0 Å². The van der Waals surface area contributed by atoms with Gasteiger partial charge in [0.25, 0.3) is 0 Å². The van der Waals surface area contributed by atoms with Gasteiger partial charge in [0, 0.05) is 6.20 Å². The quantitative estimate of drug-likeness (QED) is 0.202. The summed E-state index contributed by atoms with van der Waals surface area (Å²) in [5, 5.41) is 2.91. The normalized spacial score (nSPS) is 23.9. The van der Waals surface area contributed by atoms with Crippen LogP contribution in [0, 0.1) is 17.8 Å². The molecule has 0 aliphatic carbocycles. The largest absolute Gasteiger partial charge is 0.462 e. The van der Waals surface area contributed by atoms with Crippen molar-refractivity contribution in [3.63, 3.8) is 0 Å². The summed E-state index contributed by atoms with van der Waals surface area (Å²) in [6.07, 6.45) is -3.15. The summed E-state index contributed by atoms with van der Waals surface area (Å²) < 4.78 is 23.5. The van der Waals surface area contributed by atoms with E-state index in [2.05, 4.69) is 15.6 Å². The highest BCUT2D eigenvalue weighted by Gasteiger charge is 2.59. The first-order valence-corrected chi connectivity index (χ1v) is 11.0. The number of ether oxygens (including phenoxy) is 4. The van der Waals surface area contributed by atoms with E-state index in [1.54, 1.807) is 41.5 Å². The highest BCUT2D eigenvalue weighted by molar-refractivity contribution is 5.73. The van der Waals surface area contributed by atoms with Crippen molar-refractivity contribution in [1.82, 2.24) is 15.0 Å². The average molecular weight is 496 g/mol. The fourth-order valence-electron chi connectivity index (χ4n) is 3.08. The van der Waals surface area contributed by atoms with Gasteiger partial charge < -0.3 is 35.6 Å². The average Bonchev–Trinajstić information content (AvgIpc) is 3.05. The molecule has 1 saturated heterocycles. The molecule has 14 nitrogen and oxygen atoms in total. The first-order chi connectivity index (χ1) is 16.3. The Morgan fingerprint density at radius 2 is 1.71 bits per heavy atom. The topological polar surface area (TPSA) is 196 Å². The predicted octanol–water partition coefficient (Wildman–Crippen LogP) is 0.912. The van der Waals surface area contributed by atoms with Gasteiger partial charge in [0.15, 0.2) is 24.2 Å². The third kappa shape index (κ3) is 6.32. The Morgan fingerprint density at radius 3 is 2.23 bits per heavy atom. The van der Waals surface area contributed by atoms with Gasteiger partial charge in [-0.15, -0.1) is 0 Å². The van der Waals surface area contributed by atoms with Crippen LogP contribution in [0.1, 0.15) is 47.8 Å². The number of hydrogen-bond donors (Lipinski definition) is 2. The number of carbonyl (C=O) groups is 3. The molecule has 0 radical (unpaired) electrons. The minimum atomic E-state index is -2.04. The standard InChI is InChI=1S/C21H31N6O8/c1-10(2)17(28)32-9-21(25-26-23)15(34-19(30)12(5)6)14(33-18(29)11(3)4)16(35-21)27-8-7-13(22)24-20(27)31/h7-8,10-12,14-16H,9H2,1-6H3,(H3-,22,23,24,25,31)/q-1/t14-,15+,16-,21-/m1/s1. The van der Waals surface area contributed by atoms with E-state index in [0.717, 1.165) is 4.57 Å². The highest BCUT2D eigenvalue weighted by Crippen LogP contribution is 2.40. The van der Waals surface area contributed by atoms with Crippen molar-refractivity contribution in [2.45, 2.75) is 65.7 Å². The molecule has 1 aromatic heterocycles. The van der Waals surface area contributed by atoms with Gasteiger partial charge in [-0.3, -0.25) is 24.2 Å². The molecule has 2 rings (SSSR count). The van der Waals surface area contributed by atoms with E-state index in [1.807, 2.05) is 0 Å². The summed E-state index contributed by atoms with van der Waals surface area (Å²) in [7, 11) is 0. The number of nitrogens with one attached hydrogen (secondary N) is 1. The number of nitrogens with zero attached hydrogens (tertiary/aromatic N) is 4. The van der Waals surface area contributed by atoms with Crippen LogP contribution in [0.3, 0.4) is 0 Å². The Labute approximate surface area is 201 Å². The maximum Gasteiger partial charge on any atom is 0.351 e. The smallest absolute Gasteiger partial charge is 0.351 e. The second-order valence-electron chi connectivity index (χ2n) is 8.98. The lowest BCUT2D eigenvalue weighted by atomic mass is 10.0. The molecular weight excluding hydrogens is 464 g/mol. The van der Waals surface area contributed by atoms with Crippen LogP contribution in [0.25, 0.3) is 5.53 Å². The summed E-state index contributed by atoms with van der Waals surface area (Å²) in [6, 6.07) is 1.31. The van der Waals surface area contributed by atoms with Crippen molar-refractivity contribution in [3.8, 4) is 0 Å². The Hall–Kier alpha value is -3.55. The number of carbonyl (C=O) groups excluding carboxylic acids is 3. The second-order valence-corrected chi connectivity index (χ2v) is 8.98. The number of hydrogen-bond acceptors (Lipinski definition) is 11. The second kappa shape index (κ2) is 11.3. The zero-order chi connectivity index (χ0) is 26.5. The number of anilines is 1. The number of nitrogen functional groups attached to an aromatic ring is 1. The molecule has 1 aliphatic heterocycles. The lowest BCUT2D eigenvalue weighted by molar-refractivity contribution is -0.191. The zero-order valence-electron chi connectivity index (χ0n) is 20.5. The van der Waals surface area contributed by atoms with Gasteiger partial charge in [-0.1, -0.05) is 41.5 Å². The SMILES string of the molecule is CC(C)C(=O)OC[C@@]1(NN=[N-])O[C@@H](n2ccc(N)nc2=O)[C@H](OC(=O)C(C)C)[C@@H]1OC(=O)C(C)C. The molecule has 1 fully saturated rings. The first-order valence-electron chi connectivity index (χ1n) is 11.0. The molecule has 194 valence electrons. The number of esters is 3. The van der Waals surface area contributed by atoms with Gasteiger partial charge in [-0.25, -0.2) is 4.79 Å². The lowest BCUT2D eigenvalue weighted by Gasteiger charge is -2.37. The van der Waals surface area contributed by atoms with E-state index in [-0.39, 0.29) is 5.82 Å². The summed E-state index contributed by atoms with van der Waals surface area (Å²) in [5.74, 6) is -3.84. The van der Waals surface area contributed by atoms with Gasteiger partial charge in [-0.05, 0) is 6.07 Å². The van der Waals surface area contributed by atoms with E-state index in [0.29, 0.717) is 0 Å². The van der Waals surface area contributed by atoms with Crippen LogP contribution in [0.15, 0.2) is 22.3 Å². The van der Waals surface area contributed by atoms with Crippen molar-refractivity contribution in [2.75, 3.05) is 12.3 Å². The maximum absolute atomic E-state index is 12.6. The lowest BCUT2D eigenvalue weighted by Crippen LogP contribution is -2.58. The molecule has 35 heavy (non-hydrogen) atoms. The summed E-state index contributed by atoms with van der Waals surface area (Å²) in [4.78, 5) is 53.7. The fourth-order valence-corrected chi connectivity index (χ4v) is 3.08. The highest BCUT2D eigenvalue weighted by atomic mass is 16.7. The Morgan fingerprint density at radius 1 is 1.14 bits per heavy atom. The monoisotopic (exact) mass is 495 g/mol. The molecule has 1 aliphatic rings. The van der Waals surface area contributed by atoms with E-state index >= 15 is 0 Å². The van der Waals surface area contributed by atoms with Crippen LogP contribution in [-0.2, 0) is 33.3 Å². The summed E-state index contributed by atoms with van der Waals surface area (Å²) >= 11 is 0. The van der Waals surface area contributed by atoms with E-state index in [4.69, 9.17) is 24.7 Å². The molecule has 0 saturated carbocycles. The molecular formula is C21H31N6O8-. The number of rotatable bonds is 10. The Bertz CT molecular complexity index is 1010. The van der Waals surface area contributed by atoms with Crippen molar-refractivity contribution >= 4 is 23.7 Å². The maximum atomic E-state index is 12.6. The van der Waals surface area contributed by atoms with Crippen molar-refractivity contribution in [2.24, 2.45) is 23.0 Å². The minimum Gasteiger partial charge on any atom is -0.462 e. The van der Waals surface area contributed by atoms with E-state index in [9.17, 15) is 24.7 Å². The van der Waals surface area contributed by atoms with E-state index in [1.165, 1.54) is 12.3 Å². The molecule has 4 atom stereocenters. The van der Waals surface area contributed by atoms with Crippen LogP contribution in [0.4, 0.5) is 5.82 Å². The Balaban J connectivity index is 2.66. The molecule has 1 aromatic rings. The minimum absolute atomic E-state index is 0.0663. The molecule has 0 spiro atoms. The summed E-state index contributed by atoms with van der Waals surface area (Å²) in [5.41, 5.74) is 14.3. The molecule has 0 amide bonds. The number of nitrogens with two attached hydrogens (primary N) is 1. The first kappa shape index (κ1) is 27.7. The third-order valence-corrected chi connectivity index (χ3v) is 5.07. The van der Waals surface area contributed by atoms with Crippen molar-refractivity contribution in [3.05, 3.63) is 28.3 Å². The van der Waals surface area contributed by atoms with Gasteiger partial charge in [0.05, 0.1) is 17.8 Å². The van der Waals surface area contributed by atoms with Gasteiger partial charge in [0.2, 0.25) is 0 Å². The van der Waals surface area contributed by atoms with Gasteiger partial charge >= 0.3 is 23.6 Å². The van der Waals surface area contributed by atoms with Crippen molar-refractivity contribution in [1.29, 1.82) is 0 Å². The molecule has 2 heterocycles. The molecule has 0 aromatic carbocycles. The van der Waals surface area contributed by atoms with Gasteiger partial charge in [0.1, 0.15) is 12.4 Å². The number of aromatic nitrogens is 2. The van der Waals surface area contributed by atoms with Crippen LogP contribution < -0.4 is 16.8 Å². The van der Waals surface area contributed by atoms with E-state index < -0.39 is 72.1 Å². The van der Waals surface area contributed by atoms with Crippen molar-refractivity contribution < 1.29 is 33.3 Å².